The molecule has 5 nitrogen and oxygen atoms in total. The smallest absolute Gasteiger partial charge is 0.239 e. The molecule has 0 fully saturated rings. The standard InChI is InChI=1S/C11H15BrClN3O2/c1-16(7-10(17)14-3-4-18-2)11-9(13)5-8(12)6-15-11/h5-6H,3-4,7H2,1-2H3,(H,14,17). The summed E-state index contributed by atoms with van der Waals surface area (Å²) in [6.07, 6.45) is 1.64. The summed E-state index contributed by atoms with van der Waals surface area (Å²) in [7, 11) is 3.35. The Morgan fingerprint density at radius 1 is 1.67 bits per heavy atom. The van der Waals surface area contributed by atoms with Crippen molar-refractivity contribution in [1.82, 2.24) is 10.3 Å². The van der Waals surface area contributed by atoms with Crippen LogP contribution in [0.25, 0.3) is 0 Å². The number of methoxy groups -OCH3 is 1. The molecule has 0 aliphatic carbocycles. The topological polar surface area (TPSA) is 54.5 Å². The second-order valence-corrected chi connectivity index (χ2v) is 4.98. The molecule has 1 aromatic heterocycles. The van der Waals surface area contributed by atoms with Crippen molar-refractivity contribution in [3.63, 3.8) is 0 Å². The molecule has 0 aliphatic rings. The molecule has 1 rings (SSSR count). The van der Waals surface area contributed by atoms with Crippen LogP contribution in [0.2, 0.25) is 5.02 Å². The van der Waals surface area contributed by atoms with Gasteiger partial charge < -0.3 is 15.0 Å². The predicted molar refractivity (Wildman–Crippen MR) is 75.1 cm³/mol. The van der Waals surface area contributed by atoms with Crippen LogP contribution in [0.3, 0.4) is 0 Å². The van der Waals surface area contributed by atoms with E-state index in [1.807, 2.05) is 0 Å². The average molecular weight is 337 g/mol. The maximum absolute atomic E-state index is 11.6. The van der Waals surface area contributed by atoms with Gasteiger partial charge in [0.25, 0.3) is 0 Å². The number of hydrogen-bond donors (Lipinski definition) is 1. The van der Waals surface area contributed by atoms with E-state index >= 15 is 0 Å². The van der Waals surface area contributed by atoms with Crippen molar-refractivity contribution in [2.45, 2.75) is 0 Å². The van der Waals surface area contributed by atoms with Crippen LogP contribution in [0.15, 0.2) is 16.7 Å². The monoisotopic (exact) mass is 335 g/mol. The highest BCUT2D eigenvalue weighted by molar-refractivity contribution is 9.10. The number of rotatable bonds is 6. The normalized spacial score (nSPS) is 10.2. The molecule has 1 N–H and O–H groups in total. The van der Waals surface area contributed by atoms with Gasteiger partial charge in [0.1, 0.15) is 5.82 Å². The van der Waals surface area contributed by atoms with Gasteiger partial charge in [-0.1, -0.05) is 11.6 Å². The molecule has 0 unspecified atom stereocenters. The Hall–Kier alpha value is -0.850. The first-order chi connectivity index (χ1) is 8.54. The van der Waals surface area contributed by atoms with Crippen molar-refractivity contribution in [3.8, 4) is 0 Å². The van der Waals surface area contributed by atoms with E-state index in [2.05, 4.69) is 26.2 Å². The van der Waals surface area contributed by atoms with Crippen molar-refractivity contribution in [2.75, 3.05) is 38.8 Å². The van der Waals surface area contributed by atoms with Crippen LogP contribution < -0.4 is 10.2 Å². The number of nitrogens with one attached hydrogen (secondary N) is 1. The molecule has 0 radical (unpaired) electrons. The van der Waals surface area contributed by atoms with Crippen LogP contribution in [-0.4, -0.2) is 44.7 Å². The maximum Gasteiger partial charge on any atom is 0.239 e. The zero-order valence-corrected chi connectivity index (χ0v) is 12.6. The third-order valence-corrected chi connectivity index (χ3v) is 2.87. The lowest BCUT2D eigenvalue weighted by Crippen LogP contribution is -2.37. The Morgan fingerprint density at radius 3 is 3.00 bits per heavy atom. The van der Waals surface area contributed by atoms with Gasteiger partial charge in [-0.15, -0.1) is 0 Å². The number of nitrogens with zero attached hydrogens (tertiary/aromatic N) is 2. The molecule has 7 heteroatoms. The van der Waals surface area contributed by atoms with Gasteiger partial charge in [-0.2, -0.15) is 0 Å². The lowest BCUT2D eigenvalue weighted by molar-refractivity contribution is -0.119. The van der Waals surface area contributed by atoms with E-state index in [0.29, 0.717) is 24.0 Å². The van der Waals surface area contributed by atoms with Crippen molar-refractivity contribution in [3.05, 3.63) is 21.8 Å². The van der Waals surface area contributed by atoms with Crippen LogP contribution in [0.5, 0.6) is 0 Å². The second-order valence-electron chi connectivity index (χ2n) is 3.66. The summed E-state index contributed by atoms with van der Waals surface area (Å²) in [5, 5.41) is 3.23. The fraction of sp³-hybridized carbons (Fsp3) is 0.455. The zero-order chi connectivity index (χ0) is 13.5. The minimum atomic E-state index is -0.102. The minimum absolute atomic E-state index is 0.102. The van der Waals surface area contributed by atoms with Crippen LogP contribution in [0.4, 0.5) is 5.82 Å². The van der Waals surface area contributed by atoms with Gasteiger partial charge in [-0.05, 0) is 22.0 Å². The molecule has 100 valence electrons. The first-order valence-electron chi connectivity index (χ1n) is 5.32. The van der Waals surface area contributed by atoms with Crippen LogP contribution in [0, 0.1) is 0 Å². The van der Waals surface area contributed by atoms with Gasteiger partial charge in [-0.25, -0.2) is 4.98 Å². The lowest BCUT2D eigenvalue weighted by Gasteiger charge is -2.18. The average Bonchev–Trinajstić information content (AvgIpc) is 2.28. The molecule has 0 spiro atoms. The number of amides is 1. The maximum atomic E-state index is 11.6. The number of pyridine rings is 1. The van der Waals surface area contributed by atoms with E-state index in [4.69, 9.17) is 16.3 Å². The van der Waals surface area contributed by atoms with Gasteiger partial charge in [0.2, 0.25) is 5.91 Å². The van der Waals surface area contributed by atoms with Crippen LogP contribution in [0.1, 0.15) is 0 Å². The molecule has 0 aromatic carbocycles. The van der Waals surface area contributed by atoms with E-state index in [1.165, 1.54) is 0 Å². The van der Waals surface area contributed by atoms with E-state index in [1.54, 1.807) is 31.3 Å². The summed E-state index contributed by atoms with van der Waals surface area (Å²) in [4.78, 5) is 17.5. The van der Waals surface area contributed by atoms with Gasteiger partial charge in [-0.3, -0.25) is 4.79 Å². The first-order valence-corrected chi connectivity index (χ1v) is 6.49. The highest BCUT2D eigenvalue weighted by atomic mass is 79.9. The summed E-state index contributed by atoms with van der Waals surface area (Å²) in [6.45, 7) is 1.18. The van der Waals surface area contributed by atoms with E-state index in [9.17, 15) is 4.79 Å². The SMILES string of the molecule is COCCNC(=O)CN(C)c1ncc(Br)cc1Cl. The van der Waals surface area contributed by atoms with Crippen molar-refractivity contribution >= 4 is 39.3 Å². The van der Waals surface area contributed by atoms with E-state index in [-0.39, 0.29) is 12.5 Å². The Balaban J connectivity index is 2.54. The summed E-state index contributed by atoms with van der Waals surface area (Å²) < 4.78 is 5.65. The number of likely N-dealkylation sites (N-methyl/N-ethyl adjacent to an activating group) is 1. The molecule has 1 aromatic rings. The van der Waals surface area contributed by atoms with Crippen molar-refractivity contribution < 1.29 is 9.53 Å². The molecule has 1 amide bonds. The van der Waals surface area contributed by atoms with Gasteiger partial charge in [0.05, 0.1) is 18.2 Å². The van der Waals surface area contributed by atoms with Crippen LogP contribution in [-0.2, 0) is 9.53 Å². The molecule has 0 bridgehead atoms. The Bertz CT molecular complexity index is 417. The molecular formula is C11H15BrClN3O2. The molecule has 0 saturated heterocycles. The number of carbonyl (C=O) groups is 1. The number of carbonyl (C=O) groups excluding carboxylic acids is 1. The number of anilines is 1. The van der Waals surface area contributed by atoms with Crippen molar-refractivity contribution in [2.24, 2.45) is 0 Å². The molecular weight excluding hydrogens is 321 g/mol. The Labute approximate surface area is 120 Å². The number of aromatic nitrogens is 1. The molecule has 0 atom stereocenters. The minimum Gasteiger partial charge on any atom is -0.383 e. The summed E-state index contributed by atoms with van der Waals surface area (Å²) >= 11 is 9.33. The fourth-order valence-electron chi connectivity index (χ4n) is 1.33. The van der Waals surface area contributed by atoms with Crippen molar-refractivity contribution in [1.29, 1.82) is 0 Å². The summed E-state index contributed by atoms with van der Waals surface area (Å²) in [5.74, 6) is 0.470. The van der Waals surface area contributed by atoms with Gasteiger partial charge in [0.15, 0.2) is 0 Å². The molecule has 1 heterocycles. The highest BCUT2D eigenvalue weighted by Gasteiger charge is 2.11. The van der Waals surface area contributed by atoms with Gasteiger partial charge >= 0.3 is 0 Å². The Kier molecular flexibility index (Phi) is 6.38. The number of hydrogen-bond acceptors (Lipinski definition) is 4. The molecule has 18 heavy (non-hydrogen) atoms. The van der Waals surface area contributed by atoms with Gasteiger partial charge in [0, 0.05) is 31.4 Å². The molecule has 0 aliphatic heterocycles. The third kappa shape index (κ3) is 4.80. The lowest BCUT2D eigenvalue weighted by atomic mass is 10.4. The quantitative estimate of drug-likeness (QED) is 0.803. The molecule has 0 saturated carbocycles. The highest BCUT2D eigenvalue weighted by Crippen LogP contribution is 2.25. The largest absolute Gasteiger partial charge is 0.383 e. The summed E-state index contributed by atoms with van der Waals surface area (Å²) in [5.41, 5.74) is 0. The van der Waals surface area contributed by atoms with E-state index < -0.39 is 0 Å². The first kappa shape index (κ1) is 15.2. The second kappa shape index (κ2) is 7.56. The zero-order valence-electron chi connectivity index (χ0n) is 10.2. The summed E-state index contributed by atoms with van der Waals surface area (Å²) in [6, 6.07) is 1.74. The third-order valence-electron chi connectivity index (χ3n) is 2.16. The van der Waals surface area contributed by atoms with Crippen LogP contribution >= 0.6 is 27.5 Å². The fourth-order valence-corrected chi connectivity index (χ4v) is 2.10. The number of ether oxygens (including phenoxy) is 1. The number of halogens is 2. The van der Waals surface area contributed by atoms with E-state index in [0.717, 1.165) is 4.47 Å². The Morgan fingerprint density at radius 2 is 2.39 bits per heavy atom. The predicted octanol–water partition coefficient (Wildman–Crippen LogP) is 1.70.